The summed E-state index contributed by atoms with van der Waals surface area (Å²) < 4.78 is 16.5. The number of nitrogens with one attached hydrogen (secondary N) is 1. The van der Waals surface area contributed by atoms with Crippen LogP contribution in [0.25, 0.3) is 0 Å². The van der Waals surface area contributed by atoms with E-state index in [4.69, 9.17) is 19.9 Å². The molecule has 0 saturated carbocycles. The Bertz CT molecular complexity index is 1320. The molecule has 192 valence electrons. The quantitative estimate of drug-likeness (QED) is 0.413. The van der Waals surface area contributed by atoms with Gasteiger partial charge in [0, 0.05) is 46.5 Å². The molecule has 37 heavy (non-hydrogen) atoms. The summed E-state index contributed by atoms with van der Waals surface area (Å²) in [4.78, 5) is 28.0. The van der Waals surface area contributed by atoms with Crippen molar-refractivity contribution in [3.63, 3.8) is 0 Å². The number of aromatic nitrogens is 1. The average molecular weight is 503 g/mol. The maximum absolute atomic E-state index is 12.1. The largest absolute Gasteiger partial charge is 0.489 e. The zero-order valence-electron chi connectivity index (χ0n) is 20.6. The van der Waals surface area contributed by atoms with Gasteiger partial charge in [0.1, 0.15) is 35.6 Å². The van der Waals surface area contributed by atoms with Crippen molar-refractivity contribution >= 4 is 17.9 Å². The lowest BCUT2D eigenvalue weighted by Crippen LogP contribution is -2.59. The Morgan fingerprint density at radius 1 is 1.19 bits per heavy atom. The number of methoxy groups -OCH3 is 1. The van der Waals surface area contributed by atoms with Crippen molar-refractivity contribution in [1.29, 1.82) is 0 Å². The number of benzene rings is 2. The van der Waals surface area contributed by atoms with E-state index in [2.05, 4.69) is 22.1 Å². The summed E-state index contributed by atoms with van der Waals surface area (Å²) in [5.74, 6) is 8.09. The Kier molecular flexibility index (Phi) is 8.15. The Labute approximate surface area is 217 Å². The van der Waals surface area contributed by atoms with E-state index in [-0.39, 0.29) is 13.9 Å². The van der Waals surface area contributed by atoms with Crippen LogP contribution in [0.2, 0.25) is 0 Å². The number of anilines is 1. The molecular weight excluding hydrogens is 472 g/mol. The van der Waals surface area contributed by atoms with E-state index in [0.717, 1.165) is 24.4 Å². The zero-order chi connectivity index (χ0) is 26.3. The van der Waals surface area contributed by atoms with Gasteiger partial charge in [-0.05, 0) is 36.4 Å². The van der Waals surface area contributed by atoms with Crippen LogP contribution in [0.3, 0.4) is 0 Å². The maximum atomic E-state index is 12.1. The fourth-order valence-electron chi connectivity index (χ4n) is 3.60. The fourth-order valence-corrected chi connectivity index (χ4v) is 3.60. The molecular formula is C28H30N4O5. The minimum absolute atomic E-state index is 0. The van der Waals surface area contributed by atoms with Crippen LogP contribution in [-0.4, -0.2) is 62.7 Å². The van der Waals surface area contributed by atoms with E-state index in [1.54, 1.807) is 32.5 Å². The van der Waals surface area contributed by atoms with Crippen molar-refractivity contribution in [2.24, 2.45) is 5.73 Å². The number of amides is 1. The summed E-state index contributed by atoms with van der Waals surface area (Å²) in [5.41, 5.74) is 7.22. The first-order valence-electron chi connectivity index (χ1n) is 11.7. The van der Waals surface area contributed by atoms with Crippen molar-refractivity contribution < 1.29 is 25.2 Å². The number of hydrogen-bond acceptors (Lipinski definition) is 8. The lowest BCUT2D eigenvalue weighted by Gasteiger charge is -2.36. The van der Waals surface area contributed by atoms with Gasteiger partial charge >= 0.3 is 0 Å². The number of carbonyl (C=O) groups excluding carboxylic acids is 2. The second-order valence-electron chi connectivity index (χ2n) is 8.50. The predicted molar refractivity (Wildman–Crippen MR) is 141 cm³/mol. The Morgan fingerprint density at radius 2 is 1.97 bits per heavy atom. The monoisotopic (exact) mass is 502 g/mol. The Balaban J connectivity index is 0.000000220. The molecule has 5 rings (SSSR count). The van der Waals surface area contributed by atoms with E-state index in [1.807, 2.05) is 48.5 Å². The Hall–Kier alpha value is -4.23. The SMILES string of the molecule is COC1(C#Cc2ccc3c(c2)N(C)C(=O)C(N)CO3)CNC1.O=Cc1cc(Oc2ccccc2)ccn1.[HH]. The molecule has 0 radical (unpaired) electrons. The molecule has 3 heterocycles. The third-order valence-corrected chi connectivity index (χ3v) is 5.89. The van der Waals surface area contributed by atoms with E-state index in [0.29, 0.717) is 29.2 Å². The second kappa shape index (κ2) is 11.7. The number of likely N-dealkylation sites (N-methyl/N-ethyl adjacent to an activating group) is 1. The van der Waals surface area contributed by atoms with Gasteiger partial charge in [-0.2, -0.15) is 0 Å². The highest BCUT2D eigenvalue weighted by Crippen LogP contribution is 2.31. The minimum Gasteiger partial charge on any atom is -0.489 e. The molecule has 1 amide bonds. The molecule has 0 spiro atoms. The van der Waals surface area contributed by atoms with Crippen molar-refractivity contribution in [1.82, 2.24) is 10.3 Å². The van der Waals surface area contributed by atoms with E-state index >= 15 is 0 Å². The summed E-state index contributed by atoms with van der Waals surface area (Å²) in [5, 5.41) is 3.15. The standard InChI is InChI=1S/C16H19N3O3.C12H9NO2.H2/c1-19-13-7-11(5-6-16(21-2)9-18-10-16)3-4-14(13)22-8-12(17)15(19)20;14-9-10-8-12(6-7-13-10)15-11-4-2-1-3-5-11;/h3-4,7,12,18H,8-10,17H2,1-2H3;1-9H;1H. The smallest absolute Gasteiger partial charge is 0.247 e. The molecule has 2 aliphatic heterocycles. The first-order chi connectivity index (χ1) is 17.9. The van der Waals surface area contributed by atoms with Crippen LogP contribution in [0.1, 0.15) is 17.5 Å². The van der Waals surface area contributed by atoms with Gasteiger partial charge in [0.05, 0.1) is 5.69 Å². The van der Waals surface area contributed by atoms with Gasteiger partial charge in [0.25, 0.3) is 0 Å². The number of carbonyl (C=O) groups is 2. The third-order valence-electron chi connectivity index (χ3n) is 5.89. The number of rotatable bonds is 4. The number of pyridine rings is 1. The number of ether oxygens (including phenoxy) is 3. The molecule has 1 saturated heterocycles. The first-order valence-corrected chi connectivity index (χ1v) is 11.7. The molecule has 3 N–H and O–H groups in total. The highest BCUT2D eigenvalue weighted by Gasteiger charge is 2.35. The van der Waals surface area contributed by atoms with Crippen LogP contribution in [0.15, 0.2) is 66.9 Å². The number of aldehydes is 1. The van der Waals surface area contributed by atoms with E-state index in [9.17, 15) is 9.59 Å². The van der Waals surface area contributed by atoms with Gasteiger partial charge in [-0.25, -0.2) is 0 Å². The normalized spacial score (nSPS) is 17.3. The number of fused-ring (bicyclic) bond motifs is 1. The molecule has 1 fully saturated rings. The molecule has 0 aliphatic carbocycles. The number of nitrogens with two attached hydrogens (primary N) is 1. The second-order valence-corrected chi connectivity index (χ2v) is 8.50. The predicted octanol–water partition coefficient (Wildman–Crippen LogP) is 2.64. The number of nitrogens with zero attached hydrogens (tertiary/aromatic N) is 2. The lowest BCUT2D eigenvalue weighted by molar-refractivity contribution is -0.119. The van der Waals surface area contributed by atoms with Gasteiger partial charge in [-0.1, -0.05) is 30.0 Å². The topological polar surface area (TPSA) is 116 Å². The van der Waals surface area contributed by atoms with Gasteiger partial charge in [0.2, 0.25) is 5.91 Å². The maximum Gasteiger partial charge on any atom is 0.247 e. The number of para-hydroxylation sites is 1. The molecule has 0 bridgehead atoms. The zero-order valence-corrected chi connectivity index (χ0v) is 20.6. The van der Waals surface area contributed by atoms with Crippen LogP contribution in [-0.2, 0) is 9.53 Å². The molecule has 9 nitrogen and oxygen atoms in total. The summed E-state index contributed by atoms with van der Waals surface area (Å²) in [6.45, 7) is 1.62. The van der Waals surface area contributed by atoms with Crippen LogP contribution in [0.4, 0.5) is 5.69 Å². The first kappa shape index (κ1) is 25.9. The van der Waals surface area contributed by atoms with Crippen molar-refractivity contribution in [3.8, 4) is 29.1 Å². The molecule has 9 heteroatoms. The Morgan fingerprint density at radius 3 is 2.65 bits per heavy atom. The summed E-state index contributed by atoms with van der Waals surface area (Å²) in [7, 11) is 3.35. The van der Waals surface area contributed by atoms with Gasteiger partial charge in [-0.15, -0.1) is 0 Å². The molecule has 1 aromatic heterocycles. The van der Waals surface area contributed by atoms with Gasteiger partial charge in [-0.3, -0.25) is 14.6 Å². The molecule has 2 aromatic carbocycles. The molecule has 2 aliphatic rings. The lowest BCUT2D eigenvalue weighted by atomic mass is 9.97. The summed E-state index contributed by atoms with van der Waals surface area (Å²) in [6, 6.07) is 17.6. The number of hydrogen-bond donors (Lipinski definition) is 2. The van der Waals surface area contributed by atoms with E-state index in [1.165, 1.54) is 4.90 Å². The molecule has 1 atom stereocenters. The van der Waals surface area contributed by atoms with Crippen LogP contribution >= 0.6 is 0 Å². The molecule has 1 unspecified atom stereocenters. The highest BCUT2D eigenvalue weighted by atomic mass is 16.5. The van der Waals surface area contributed by atoms with Crippen LogP contribution in [0, 0.1) is 11.8 Å². The fraction of sp³-hybridized carbons (Fsp3) is 0.250. The van der Waals surface area contributed by atoms with E-state index < -0.39 is 11.6 Å². The average Bonchev–Trinajstić information content (AvgIpc) is 3.01. The summed E-state index contributed by atoms with van der Waals surface area (Å²) >= 11 is 0. The van der Waals surface area contributed by atoms with Crippen molar-refractivity contribution in [3.05, 3.63) is 78.1 Å². The van der Waals surface area contributed by atoms with Crippen molar-refractivity contribution in [2.45, 2.75) is 11.6 Å². The minimum atomic E-state index is -0.648. The van der Waals surface area contributed by atoms with Gasteiger partial charge in [0.15, 0.2) is 11.9 Å². The van der Waals surface area contributed by atoms with Crippen LogP contribution in [0.5, 0.6) is 17.2 Å². The molecule has 3 aromatic rings. The van der Waals surface area contributed by atoms with Crippen LogP contribution < -0.4 is 25.4 Å². The van der Waals surface area contributed by atoms with Gasteiger partial charge < -0.3 is 30.2 Å². The summed E-state index contributed by atoms with van der Waals surface area (Å²) in [6.07, 6.45) is 2.24. The highest BCUT2D eigenvalue weighted by molar-refractivity contribution is 5.98. The third kappa shape index (κ3) is 6.32. The van der Waals surface area contributed by atoms with Crippen molar-refractivity contribution in [2.75, 3.05) is 38.8 Å².